The summed E-state index contributed by atoms with van der Waals surface area (Å²) < 4.78 is 0. The van der Waals surface area contributed by atoms with Crippen LogP contribution in [0.5, 0.6) is 0 Å². The maximum absolute atomic E-state index is 12.4. The Morgan fingerprint density at radius 2 is 2.32 bits per heavy atom. The molecule has 5 nitrogen and oxygen atoms in total. The SMILES string of the molecule is CC1CN(C(=O)c2cc([N+](=O)[O-])ccc2Cl)CCS1. The fraction of sp³-hybridized carbons (Fsp3) is 0.417. The Labute approximate surface area is 120 Å². The summed E-state index contributed by atoms with van der Waals surface area (Å²) in [4.78, 5) is 24.3. The third-order valence-electron chi connectivity index (χ3n) is 2.92. The first kappa shape index (κ1) is 14.1. The van der Waals surface area contributed by atoms with Crippen molar-refractivity contribution in [3.63, 3.8) is 0 Å². The second kappa shape index (κ2) is 5.79. The Morgan fingerprint density at radius 3 is 2.95 bits per heavy atom. The minimum atomic E-state index is -0.526. The molecule has 1 fully saturated rings. The quantitative estimate of drug-likeness (QED) is 0.622. The second-order valence-corrected chi connectivity index (χ2v) is 6.31. The van der Waals surface area contributed by atoms with Gasteiger partial charge in [0.25, 0.3) is 11.6 Å². The van der Waals surface area contributed by atoms with Gasteiger partial charge in [-0.1, -0.05) is 18.5 Å². The minimum Gasteiger partial charge on any atom is -0.337 e. The van der Waals surface area contributed by atoms with E-state index in [1.54, 1.807) is 4.90 Å². The van der Waals surface area contributed by atoms with Gasteiger partial charge in [-0.2, -0.15) is 11.8 Å². The van der Waals surface area contributed by atoms with Gasteiger partial charge in [0.15, 0.2) is 0 Å². The predicted molar refractivity (Wildman–Crippen MR) is 75.9 cm³/mol. The molecule has 0 spiro atoms. The highest BCUT2D eigenvalue weighted by Gasteiger charge is 2.25. The highest BCUT2D eigenvalue weighted by Crippen LogP contribution is 2.25. The first-order chi connectivity index (χ1) is 8.99. The van der Waals surface area contributed by atoms with Crippen LogP contribution in [0.3, 0.4) is 0 Å². The van der Waals surface area contributed by atoms with Gasteiger partial charge < -0.3 is 4.90 Å². The van der Waals surface area contributed by atoms with Crippen molar-refractivity contribution < 1.29 is 9.72 Å². The lowest BCUT2D eigenvalue weighted by Gasteiger charge is -2.30. The van der Waals surface area contributed by atoms with Crippen LogP contribution >= 0.6 is 23.4 Å². The Kier molecular flexibility index (Phi) is 4.31. The summed E-state index contributed by atoms with van der Waals surface area (Å²) in [6, 6.07) is 3.94. The van der Waals surface area contributed by atoms with Gasteiger partial charge in [0.05, 0.1) is 15.5 Å². The number of hydrogen-bond donors (Lipinski definition) is 0. The van der Waals surface area contributed by atoms with Gasteiger partial charge in [-0.25, -0.2) is 0 Å². The molecule has 0 radical (unpaired) electrons. The predicted octanol–water partition coefficient (Wildman–Crippen LogP) is 2.83. The summed E-state index contributed by atoms with van der Waals surface area (Å²) in [7, 11) is 0. The number of halogens is 1. The molecule has 0 N–H and O–H groups in total. The van der Waals surface area contributed by atoms with Crippen molar-refractivity contribution in [2.45, 2.75) is 12.2 Å². The molecule has 102 valence electrons. The number of nitrogens with zero attached hydrogens (tertiary/aromatic N) is 2. The van der Waals surface area contributed by atoms with Crippen molar-refractivity contribution in [1.82, 2.24) is 4.90 Å². The zero-order chi connectivity index (χ0) is 14.0. The van der Waals surface area contributed by atoms with E-state index in [2.05, 4.69) is 6.92 Å². The van der Waals surface area contributed by atoms with Crippen LogP contribution in [-0.4, -0.2) is 39.8 Å². The average Bonchev–Trinajstić information content (AvgIpc) is 2.38. The number of thioether (sulfide) groups is 1. The number of non-ortho nitro benzene ring substituents is 1. The molecule has 1 aliphatic rings. The lowest BCUT2D eigenvalue weighted by atomic mass is 10.1. The molecule has 1 aromatic rings. The Balaban J connectivity index is 2.27. The minimum absolute atomic E-state index is 0.118. The lowest BCUT2D eigenvalue weighted by Crippen LogP contribution is -2.41. The van der Waals surface area contributed by atoms with Crippen LogP contribution in [-0.2, 0) is 0 Å². The number of nitro groups is 1. The van der Waals surface area contributed by atoms with E-state index >= 15 is 0 Å². The molecule has 0 aliphatic carbocycles. The molecule has 1 atom stereocenters. The van der Waals surface area contributed by atoms with Gasteiger partial charge in [-0.15, -0.1) is 0 Å². The third kappa shape index (κ3) is 3.19. The zero-order valence-corrected chi connectivity index (χ0v) is 11.9. The van der Waals surface area contributed by atoms with Gasteiger partial charge in [-0.05, 0) is 6.07 Å². The first-order valence-electron chi connectivity index (χ1n) is 5.84. The number of carbonyl (C=O) groups excluding carboxylic acids is 1. The number of hydrogen-bond acceptors (Lipinski definition) is 4. The van der Waals surface area contributed by atoms with Gasteiger partial charge in [0, 0.05) is 36.2 Å². The van der Waals surface area contributed by atoms with E-state index in [0.29, 0.717) is 18.3 Å². The molecular weight excluding hydrogens is 288 g/mol. The number of benzene rings is 1. The van der Waals surface area contributed by atoms with Crippen molar-refractivity contribution in [3.05, 3.63) is 38.9 Å². The Morgan fingerprint density at radius 1 is 1.58 bits per heavy atom. The molecule has 0 aromatic heterocycles. The molecule has 0 saturated carbocycles. The number of rotatable bonds is 2. The molecule has 19 heavy (non-hydrogen) atoms. The smallest absolute Gasteiger partial charge is 0.270 e. The molecular formula is C12H13ClN2O3S. The average molecular weight is 301 g/mol. The number of amides is 1. The fourth-order valence-electron chi connectivity index (χ4n) is 1.96. The van der Waals surface area contributed by atoms with Gasteiger partial charge in [-0.3, -0.25) is 14.9 Å². The van der Waals surface area contributed by atoms with E-state index in [1.807, 2.05) is 11.8 Å². The molecule has 1 saturated heterocycles. The fourth-order valence-corrected chi connectivity index (χ4v) is 3.18. The highest BCUT2D eigenvalue weighted by molar-refractivity contribution is 7.99. The van der Waals surface area contributed by atoms with E-state index in [1.165, 1.54) is 18.2 Å². The summed E-state index contributed by atoms with van der Waals surface area (Å²) in [5.41, 5.74) is 0.0853. The van der Waals surface area contributed by atoms with Crippen molar-refractivity contribution in [2.75, 3.05) is 18.8 Å². The van der Waals surface area contributed by atoms with Crippen LogP contribution in [0.25, 0.3) is 0 Å². The van der Waals surface area contributed by atoms with E-state index in [9.17, 15) is 14.9 Å². The molecule has 1 aliphatic heterocycles. The number of nitro benzene ring substituents is 1. The molecule has 1 heterocycles. The number of carbonyl (C=O) groups is 1. The molecule has 1 unspecified atom stereocenters. The Bertz CT molecular complexity index is 524. The first-order valence-corrected chi connectivity index (χ1v) is 7.26. The van der Waals surface area contributed by atoms with Crippen molar-refractivity contribution in [1.29, 1.82) is 0 Å². The van der Waals surface area contributed by atoms with Crippen LogP contribution < -0.4 is 0 Å². The van der Waals surface area contributed by atoms with Gasteiger partial charge >= 0.3 is 0 Å². The van der Waals surface area contributed by atoms with Crippen molar-refractivity contribution in [2.24, 2.45) is 0 Å². The molecule has 1 aromatic carbocycles. The maximum Gasteiger partial charge on any atom is 0.270 e. The maximum atomic E-state index is 12.4. The molecule has 1 amide bonds. The van der Waals surface area contributed by atoms with Crippen molar-refractivity contribution >= 4 is 35.0 Å². The van der Waals surface area contributed by atoms with Crippen molar-refractivity contribution in [3.8, 4) is 0 Å². The van der Waals surface area contributed by atoms with Crippen LogP contribution in [0.1, 0.15) is 17.3 Å². The van der Waals surface area contributed by atoms with E-state index in [4.69, 9.17) is 11.6 Å². The van der Waals surface area contributed by atoms with E-state index in [0.717, 1.165) is 5.75 Å². The highest BCUT2D eigenvalue weighted by atomic mass is 35.5. The Hall–Kier alpha value is -1.27. The van der Waals surface area contributed by atoms with E-state index in [-0.39, 0.29) is 22.2 Å². The lowest BCUT2D eigenvalue weighted by molar-refractivity contribution is -0.384. The third-order valence-corrected chi connectivity index (χ3v) is 4.39. The normalized spacial score (nSPS) is 19.3. The summed E-state index contributed by atoms with van der Waals surface area (Å²) in [5, 5.41) is 11.4. The van der Waals surface area contributed by atoms with Crippen LogP contribution in [0.2, 0.25) is 5.02 Å². The summed E-state index contributed by atoms with van der Waals surface area (Å²) >= 11 is 7.79. The molecule has 2 rings (SSSR count). The van der Waals surface area contributed by atoms with E-state index < -0.39 is 4.92 Å². The second-order valence-electron chi connectivity index (χ2n) is 4.35. The topological polar surface area (TPSA) is 63.5 Å². The summed E-state index contributed by atoms with van der Waals surface area (Å²) in [6.45, 7) is 3.34. The standard InChI is InChI=1S/C12H13ClN2O3S/c1-8-7-14(4-5-19-8)12(16)10-6-9(15(17)18)2-3-11(10)13/h2-3,6,8H,4-5,7H2,1H3. The molecule has 0 bridgehead atoms. The summed E-state index contributed by atoms with van der Waals surface area (Å²) in [6.07, 6.45) is 0. The van der Waals surface area contributed by atoms with Crippen LogP contribution in [0.15, 0.2) is 18.2 Å². The van der Waals surface area contributed by atoms with Gasteiger partial charge in [0.2, 0.25) is 0 Å². The molecule has 7 heteroatoms. The van der Waals surface area contributed by atoms with Crippen LogP contribution in [0.4, 0.5) is 5.69 Å². The monoisotopic (exact) mass is 300 g/mol. The zero-order valence-electron chi connectivity index (χ0n) is 10.3. The van der Waals surface area contributed by atoms with Gasteiger partial charge in [0.1, 0.15) is 0 Å². The van der Waals surface area contributed by atoms with Crippen LogP contribution in [0, 0.1) is 10.1 Å². The summed E-state index contributed by atoms with van der Waals surface area (Å²) in [5.74, 6) is 0.639. The largest absolute Gasteiger partial charge is 0.337 e.